The van der Waals surface area contributed by atoms with Crippen LogP contribution in [0.2, 0.25) is 0 Å². The number of carbonyl (C=O) groups is 2. The summed E-state index contributed by atoms with van der Waals surface area (Å²) in [6.07, 6.45) is 2.44. The van der Waals surface area contributed by atoms with Gasteiger partial charge in [0.05, 0.1) is 44.1 Å². The van der Waals surface area contributed by atoms with Gasteiger partial charge in [0.15, 0.2) is 0 Å². The first-order valence-electron chi connectivity index (χ1n) is 11.1. The summed E-state index contributed by atoms with van der Waals surface area (Å²) in [5.41, 5.74) is 0.583. The van der Waals surface area contributed by atoms with Crippen LogP contribution in [0.25, 0.3) is 0 Å². The summed E-state index contributed by atoms with van der Waals surface area (Å²) in [4.78, 5) is 43.2. The molecular formula is C21H34N6O5. The van der Waals surface area contributed by atoms with Crippen molar-refractivity contribution in [1.82, 2.24) is 24.9 Å². The summed E-state index contributed by atoms with van der Waals surface area (Å²) in [7, 11) is 3.19. The van der Waals surface area contributed by atoms with E-state index in [1.54, 1.807) is 26.5 Å². The monoisotopic (exact) mass is 450 g/mol. The van der Waals surface area contributed by atoms with Gasteiger partial charge in [-0.25, -0.2) is 4.68 Å². The van der Waals surface area contributed by atoms with Crippen LogP contribution in [-0.2, 0) is 25.6 Å². The van der Waals surface area contributed by atoms with E-state index in [9.17, 15) is 14.4 Å². The second kappa shape index (κ2) is 11.9. The average molecular weight is 451 g/mol. The molecular weight excluding hydrogens is 416 g/mol. The molecule has 32 heavy (non-hydrogen) atoms. The van der Waals surface area contributed by atoms with Crippen LogP contribution in [0, 0.1) is 5.92 Å². The van der Waals surface area contributed by atoms with Gasteiger partial charge < -0.3 is 24.6 Å². The van der Waals surface area contributed by atoms with E-state index in [-0.39, 0.29) is 23.3 Å². The topological polar surface area (TPSA) is 109 Å². The van der Waals surface area contributed by atoms with Crippen molar-refractivity contribution in [2.24, 2.45) is 5.92 Å². The minimum atomic E-state index is -0.170. The second-order valence-corrected chi connectivity index (χ2v) is 8.14. The molecule has 1 unspecified atom stereocenters. The number of ether oxygens (including phenoxy) is 2. The molecule has 2 amide bonds. The molecule has 178 valence electrons. The lowest BCUT2D eigenvalue weighted by molar-refractivity contribution is -0.136. The van der Waals surface area contributed by atoms with Crippen molar-refractivity contribution >= 4 is 17.5 Å². The third-order valence-corrected chi connectivity index (χ3v) is 5.94. The van der Waals surface area contributed by atoms with Gasteiger partial charge in [-0.05, 0) is 6.42 Å². The van der Waals surface area contributed by atoms with E-state index >= 15 is 0 Å². The van der Waals surface area contributed by atoms with Crippen LogP contribution in [0.1, 0.15) is 6.42 Å². The number of hydrogen-bond donors (Lipinski definition) is 1. The van der Waals surface area contributed by atoms with E-state index in [0.717, 1.165) is 18.7 Å². The summed E-state index contributed by atoms with van der Waals surface area (Å²) >= 11 is 0. The summed E-state index contributed by atoms with van der Waals surface area (Å²) in [5, 5.41) is 7.04. The van der Waals surface area contributed by atoms with Crippen LogP contribution in [0.3, 0.4) is 0 Å². The van der Waals surface area contributed by atoms with Crippen molar-refractivity contribution in [3.8, 4) is 0 Å². The molecule has 3 rings (SSSR count). The van der Waals surface area contributed by atoms with E-state index in [1.807, 2.05) is 4.90 Å². The number of methoxy groups -OCH3 is 2. The molecule has 11 nitrogen and oxygen atoms in total. The number of piperazine rings is 1. The molecule has 1 aromatic heterocycles. The zero-order valence-corrected chi connectivity index (χ0v) is 19.0. The van der Waals surface area contributed by atoms with Gasteiger partial charge in [-0.2, -0.15) is 5.10 Å². The van der Waals surface area contributed by atoms with E-state index in [1.165, 1.54) is 4.68 Å². The number of rotatable bonds is 10. The van der Waals surface area contributed by atoms with Crippen LogP contribution in [0.4, 0.5) is 5.69 Å². The highest BCUT2D eigenvalue weighted by Gasteiger charge is 2.33. The van der Waals surface area contributed by atoms with Crippen LogP contribution < -0.4 is 15.8 Å². The Hall–Kier alpha value is -2.50. The molecule has 0 bridgehead atoms. The number of aromatic nitrogens is 2. The van der Waals surface area contributed by atoms with Crippen molar-refractivity contribution in [1.29, 1.82) is 0 Å². The third-order valence-electron chi connectivity index (χ3n) is 5.94. The van der Waals surface area contributed by atoms with Gasteiger partial charge in [0.2, 0.25) is 11.8 Å². The Balaban J connectivity index is 1.45. The fourth-order valence-electron chi connectivity index (χ4n) is 4.08. The van der Waals surface area contributed by atoms with Crippen molar-refractivity contribution in [2.45, 2.75) is 13.0 Å². The molecule has 1 aromatic rings. The molecule has 0 spiro atoms. The minimum absolute atomic E-state index is 0.0222. The molecule has 2 saturated heterocycles. The van der Waals surface area contributed by atoms with Crippen molar-refractivity contribution in [3.63, 3.8) is 0 Å². The molecule has 11 heteroatoms. The van der Waals surface area contributed by atoms with Crippen LogP contribution >= 0.6 is 0 Å². The lowest BCUT2D eigenvalue weighted by Crippen LogP contribution is -2.52. The molecule has 0 aromatic carbocycles. The average Bonchev–Trinajstić information content (AvgIpc) is 3.29. The van der Waals surface area contributed by atoms with Crippen LogP contribution in [0.15, 0.2) is 17.1 Å². The Morgan fingerprint density at radius 3 is 2.56 bits per heavy atom. The maximum absolute atomic E-state index is 13.0. The normalized spacial score (nSPS) is 19.4. The standard InChI is InChI=1S/C21H34N6O5/c1-31-11-4-22-19(28)16-24-6-8-25(9-7-24)21(30)17-3-5-26(15-17)18-13-20(29)27(23-14-18)10-12-32-2/h13-14,17H,3-12,15-16H2,1-2H3,(H,22,28). The number of carbonyl (C=O) groups excluding carboxylic acids is 2. The fourth-order valence-corrected chi connectivity index (χ4v) is 4.08. The van der Waals surface area contributed by atoms with Crippen molar-refractivity contribution in [2.75, 3.05) is 84.7 Å². The molecule has 2 aliphatic rings. The Labute approximate surface area is 188 Å². The van der Waals surface area contributed by atoms with Gasteiger partial charge in [0.1, 0.15) is 0 Å². The van der Waals surface area contributed by atoms with E-state index in [0.29, 0.717) is 65.6 Å². The first kappa shape index (κ1) is 24.1. The number of hydrogen-bond acceptors (Lipinski definition) is 8. The molecule has 1 atom stereocenters. The molecule has 0 saturated carbocycles. The Kier molecular flexibility index (Phi) is 9.00. The predicted octanol–water partition coefficient (Wildman–Crippen LogP) is -1.38. The van der Waals surface area contributed by atoms with Gasteiger partial charge in [-0.1, -0.05) is 0 Å². The van der Waals surface area contributed by atoms with Gasteiger partial charge in [-0.3, -0.25) is 19.3 Å². The van der Waals surface area contributed by atoms with E-state index in [4.69, 9.17) is 9.47 Å². The number of anilines is 1. The highest BCUT2D eigenvalue weighted by atomic mass is 16.5. The van der Waals surface area contributed by atoms with Gasteiger partial charge in [-0.15, -0.1) is 0 Å². The Morgan fingerprint density at radius 2 is 1.88 bits per heavy atom. The Morgan fingerprint density at radius 1 is 1.12 bits per heavy atom. The van der Waals surface area contributed by atoms with E-state index < -0.39 is 0 Å². The summed E-state index contributed by atoms with van der Waals surface area (Å²) < 4.78 is 11.3. The molecule has 1 N–H and O–H groups in total. The van der Waals surface area contributed by atoms with E-state index in [2.05, 4.69) is 20.2 Å². The Bertz CT molecular complexity index is 823. The quantitative estimate of drug-likeness (QED) is 0.435. The second-order valence-electron chi connectivity index (χ2n) is 8.14. The third kappa shape index (κ3) is 6.50. The van der Waals surface area contributed by atoms with Crippen molar-refractivity contribution < 1.29 is 19.1 Å². The fraction of sp³-hybridized carbons (Fsp3) is 0.714. The van der Waals surface area contributed by atoms with Crippen LogP contribution in [-0.4, -0.2) is 111 Å². The largest absolute Gasteiger partial charge is 0.383 e. The highest BCUT2D eigenvalue weighted by molar-refractivity contribution is 5.80. The molecule has 0 radical (unpaired) electrons. The SMILES string of the molecule is COCCNC(=O)CN1CCN(C(=O)C2CCN(c3cnn(CCOC)c(=O)c3)C2)CC1. The predicted molar refractivity (Wildman–Crippen MR) is 119 cm³/mol. The highest BCUT2D eigenvalue weighted by Crippen LogP contribution is 2.24. The zero-order valence-electron chi connectivity index (χ0n) is 19.0. The molecule has 2 aliphatic heterocycles. The number of amides is 2. The molecule has 3 heterocycles. The number of nitrogens with zero attached hydrogens (tertiary/aromatic N) is 5. The first-order valence-corrected chi connectivity index (χ1v) is 11.1. The summed E-state index contributed by atoms with van der Waals surface area (Å²) in [5.74, 6) is 0.0407. The zero-order chi connectivity index (χ0) is 22.9. The molecule has 0 aliphatic carbocycles. The lowest BCUT2D eigenvalue weighted by Gasteiger charge is -2.35. The maximum Gasteiger partial charge on any atom is 0.268 e. The van der Waals surface area contributed by atoms with Gasteiger partial charge in [0.25, 0.3) is 5.56 Å². The molecule has 2 fully saturated rings. The van der Waals surface area contributed by atoms with Gasteiger partial charge in [0, 0.05) is 66.1 Å². The summed E-state index contributed by atoms with van der Waals surface area (Å²) in [6.45, 7) is 6.11. The summed E-state index contributed by atoms with van der Waals surface area (Å²) in [6, 6.07) is 1.58. The smallest absolute Gasteiger partial charge is 0.268 e. The lowest BCUT2D eigenvalue weighted by atomic mass is 10.1. The first-order chi connectivity index (χ1) is 15.5. The van der Waals surface area contributed by atoms with Gasteiger partial charge >= 0.3 is 0 Å². The number of nitrogens with one attached hydrogen (secondary N) is 1. The van der Waals surface area contributed by atoms with Crippen molar-refractivity contribution in [3.05, 3.63) is 22.6 Å². The maximum atomic E-state index is 13.0. The minimum Gasteiger partial charge on any atom is -0.383 e. The van der Waals surface area contributed by atoms with Crippen LogP contribution in [0.5, 0.6) is 0 Å².